The minimum absolute atomic E-state index is 0.181. The van der Waals surface area contributed by atoms with Gasteiger partial charge in [0.15, 0.2) is 17.3 Å². The highest BCUT2D eigenvalue weighted by Crippen LogP contribution is 2.32. The molecule has 1 aliphatic rings. The van der Waals surface area contributed by atoms with Crippen LogP contribution in [0.25, 0.3) is 22.8 Å². The second kappa shape index (κ2) is 15.7. The molecule has 250 valence electrons. The van der Waals surface area contributed by atoms with Crippen LogP contribution in [0.2, 0.25) is 0 Å². The molecule has 0 saturated carbocycles. The summed E-state index contributed by atoms with van der Waals surface area (Å²) in [6.07, 6.45) is 10.4. The topological polar surface area (TPSA) is 153 Å². The molecule has 0 radical (unpaired) electrons. The highest BCUT2D eigenvalue weighted by atomic mass is 16.5. The molecule has 3 amide bonds. The van der Waals surface area contributed by atoms with Crippen molar-refractivity contribution < 1.29 is 23.9 Å². The Morgan fingerprint density at radius 2 is 1.76 bits per heavy atom. The van der Waals surface area contributed by atoms with Crippen LogP contribution in [0.5, 0.6) is 11.5 Å². The molecule has 1 aliphatic heterocycles. The normalized spacial score (nSPS) is 15.9. The summed E-state index contributed by atoms with van der Waals surface area (Å²) in [4.78, 5) is 59.6. The van der Waals surface area contributed by atoms with E-state index in [1.54, 1.807) is 37.8 Å². The van der Waals surface area contributed by atoms with Crippen molar-refractivity contribution in [3.05, 3.63) is 109 Å². The van der Waals surface area contributed by atoms with E-state index >= 15 is 0 Å². The maximum atomic E-state index is 13.8. The molecule has 0 fully saturated rings. The number of fused-ring (bicyclic) bond motifs is 4. The van der Waals surface area contributed by atoms with E-state index in [-0.39, 0.29) is 37.6 Å². The van der Waals surface area contributed by atoms with Crippen molar-refractivity contribution >= 4 is 17.7 Å². The third-order valence-corrected chi connectivity index (χ3v) is 8.01. The number of hydrogen-bond donors (Lipinski definition) is 2. The second-order valence-electron chi connectivity index (χ2n) is 11.4. The predicted octanol–water partition coefficient (Wildman–Crippen LogP) is 3.18. The Balaban J connectivity index is 1.27. The lowest BCUT2D eigenvalue weighted by molar-refractivity contribution is -0.129. The molecule has 3 aromatic heterocycles. The maximum Gasteiger partial charge on any atom is 0.257 e. The van der Waals surface area contributed by atoms with Crippen LogP contribution in [0.1, 0.15) is 22.3 Å². The third kappa shape index (κ3) is 8.25. The SMILES string of the molecule is COc1ccc2cc1OCCCN(C(=O)c1cnc(-c3ccncc3)nc1)CC(=O)N[C@@H](Cc1ccccc1)C(=O)NCCn1ccnc1-2. The number of imidazole rings is 1. The van der Waals surface area contributed by atoms with Crippen molar-refractivity contribution in [3.63, 3.8) is 0 Å². The van der Waals surface area contributed by atoms with E-state index in [0.717, 1.165) is 16.7 Å². The fourth-order valence-electron chi connectivity index (χ4n) is 5.53. The summed E-state index contributed by atoms with van der Waals surface area (Å²) < 4.78 is 13.6. The maximum absolute atomic E-state index is 13.8. The average Bonchev–Trinajstić information content (AvgIpc) is 3.61. The van der Waals surface area contributed by atoms with Crippen LogP contribution in [0.15, 0.2) is 97.8 Å². The first kappa shape index (κ1) is 32.8. The van der Waals surface area contributed by atoms with Gasteiger partial charge in [0, 0.05) is 74.4 Å². The molecule has 4 heterocycles. The number of pyridine rings is 1. The summed E-state index contributed by atoms with van der Waals surface area (Å²) in [6, 6.07) is 17.7. The van der Waals surface area contributed by atoms with E-state index < -0.39 is 17.9 Å². The highest BCUT2D eigenvalue weighted by molar-refractivity contribution is 5.97. The van der Waals surface area contributed by atoms with Gasteiger partial charge in [-0.2, -0.15) is 0 Å². The number of hydrogen-bond acceptors (Lipinski definition) is 9. The van der Waals surface area contributed by atoms with Gasteiger partial charge >= 0.3 is 0 Å². The monoisotopic (exact) mass is 660 g/mol. The highest BCUT2D eigenvalue weighted by Gasteiger charge is 2.25. The molecule has 2 aromatic carbocycles. The molecule has 13 heteroatoms. The largest absolute Gasteiger partial charge is 0.493 e. The lowest BCUT2D eigenvalue weighted by Crippen LogP contribution is -2.51. The smallest absolute Gasteiger partial charge is 0.257 e. The number of carbonyl (C=O) groups excluding carboxylic acids is 3. The Labute approximate surface area is 283 Å². The van der Waals surface area contributed by atoms with Gasteiger partial charge in [-0.15, -0.1) is 0 Å². The zero-order chi connectivity index (χ0) is 34.0. The van der Waals surface area contributed by atoms with E-state index in [2.05, 4.69) is 30.6 Å². The van der Waals surface area contributed by atoms with Gasteiger partial charge in [-0.25, -0.2) is 15.0 Å². The summed E-state index contributed by atoms with van der Waals surface area (Å²) in [7, 11) is 1.57. The Kier molecular flexibility index (Phi) is 10.5. The van der Waals surface area contributed by atoms with Crippen molar-refractivity contribution in [2.75, 3.05) is 33.4 Å². The quantitative estimate of drug-likeness (QED) is 0.289. The third-order valence-electron chi connectivity index (χ3n) is 8.01. The Morgan fingerprint density at radius 1 is 0.959 bits per heavy atom. The van der Waals surface area contributed by atoms with Crippen molar-refractivity contribution in [2.24, 2.45) is 0 Å². The van der Waals surface area contributed by atoms with E-state index in [0.29, 0.717) is 42.7 Å². The van der Waals surface area contributed by atoms with Crippen LogP contribution in [0.3, 0.4) is 0 Å². The summed E-state index contributed by atoms with van der Waals surface area (Å²) in [5, 5.41) is 5.84. The zero-order valence-corrected chi connectivity index (χ0v) is 27.0. The number of ether oxygens (including phenoxy) is 2. The van der Waals surface area contributed by atoms with E-state index in [4.69, 9.17) is 9.47 Å². The van der Waals surface area contributed by atoms with Gasteiger partial charge in [-0.05, 0) is 42.3 Å². The first-order chi connectivity index (χ1) is 24.0. The Morgan fingerprint density at radius 3 is 2.53 bits per heavy atom. The van der Waals surface area contributed by atoms with Gasteiger partial charge in [0.1, 0.15) is 11.9 Å². The first-order valence-corrected chi connectivity index (χ1v) is 15.9. The summed E-state index contributed by atoms with van der Waals surface area (Å²) in [5.41, 5.74) is 2.67. The second-order valence-corrected chi connectivity index (χ2v) is 11.4. The van der Waals surface area contributed by atoms with Crippen LogP contribution in [-0.4, -0.2) is 86.5 Å². The van der Waals surface area contributed by atoms with Crippen molar-refractivity contribution in [1.82, 2.24) is 40.0 Å². The minimum atomic E-state index is -0.872. The lowest BCUT2D eigenvalue weighted by atomic mass is 10.1. The summed E-state index contributed by atoms with van der Waals surface area (Å²) in [5.74, 6) is 0.964. The number of amides is 3. The summed E-state index contributed by atoms with van der Waals surface area (Å²) >= 11 is 0. The Hall–Kier alpha value is -6.11. The van der Waals surface area contributed by atoms with Crippen LogP contribution in [-0.2, 0) is 22.6 Å². The number of nitrogens with one attached hydrogen (secondary N) is 2. The molecule has 0 saturated heterocycles. The van der Waals surface area contributed by atoms with Crippen LogP contribution < -0.4 is 20.1 Å². The molecular formula is C36H36N8O5. The van der Waals surface area contributed by atoms with E-state index in [9.17, 15) is 14.4 Å². The molecule has 13 nitrogen and oxygen atoms in total. The van der Waals surface area contributed by atoms with Crippen LogP contribution in [0, 0.1) is 0 Å². The molecule has 5 aromatic rings. The van der Waals surface area contributed by atoms with Crippen LogP contribution in [0.4, 0.5) is 0 Å². The number of rotatable bonds is 5. The number of methoxy groups -OCH3 is 1. The van der Waals surface area contributed by atoms with Gasteiger partial charge < -0.3 is 29.6 Å². The fraction of sp³-hybridized carbons (Fsp3) is 0.250. The van der Waals surface area contributed by atoms with Gasteiger partial charge in [-0.3, -0.25) is 19.4 Å². The molecule has 0 unspecified atom stereocenters. The van der Waals surface area contributed by atoms with Gasteiger partial charge in [-0.1, -0.05) is 30.3 Å². The van der Waals surface area contributed by atoms with Gasteiger partial charge in [0.25, 0.3) is 5.91 Å². The average molecular weight is 661 g/mol. The van der Waals surface area contributed by atoms with E-state index in [1.165, 1.54) is 17.3 Å². The standard InChI is InChI=1S/C36H36N8O5/c1-48-30-9-8-27-21-31(30)49-19-5-16-44(36(47)28-22-40-33(41-23-28)26-10-12-37-13-11-26)24-32(45)42-29(20-25-6-3-2-4-7-25)35(46)39-15-18-43-17-14-38-34(27)43/h2-4,6-14,17,21-23,29H,5,15-16,18-20,24H2,1H3,(H,39,46)(H,42,45)/t29-/m0/s1. The van der Waals surface area contributed by atoms with Crippen molar-refractivity contribution in [2.45, 2.75) is 25.4 Å². The zero-order valence-electron chi connectivity index (χ0n) is 27.0. The van der Waals surface area contributed by atoms with E-state index in [1.807, 2.05) is 59.3 Å². The van der Waals surface area contributed by atoms with Crippen molar-refractivity contribution in [3.8, 4) is 34.3 Å². The lowest BCUT2D eigenvalue weighted by Gasteiger charge is -2.25. The van der Waals surface area contributed by atoms with Crippen molar-refractivity contribution in [1.29, 1.82) is 0 Å². The molecule has 49 heavy (non-hydrogen) atoms. The predicted molar refractivity (Wildman–Crippen MR) is 181 cm³/mol. The number of carbonyl (C=O) groups is 3. The molecule has 6 rings (SSSR count). The molecule has 2 N–H and O–H groups in total. The van der Waals surface area contributed by atoms with Gasteiger partial charge in [0.2, 0.25) is 11.8 Å². The molecular weight excluding hydrogens is 624 g/mol. The minimum Gasteiger partial charge on any atom is -0.493 e. The number of aromatic nitrogens is 5. The fourth-order valence-corrected chi connectivity index (χ4v) is 5.53. The number of benzene rings is 2. The molecule has 0 spiro atoms. The Bertz CT molecular complexity index is 1880. The summed E-state index contributed by atoms with van der Waals surface area (Å²) in [6.45, 7) is 0.861. The van der Waals surface area contributed by atoms with Gasteiger partial charge in [0.05, 0.1) is 25.8 Å². The molecule has 2 bridgehead atoms. The molecule has 0 aliphatic carbocycles. The van der Waals surface area contributed by atoms with Crippen LogP contribution >= 0.6 is 0 Å². The first-order valence-electron chi connectivity index (χ1n) is 15.9. The number of nitrogens with zero attached hydrogens (tertiary/aromatic N) is 6. The molecule has 1 atom stereocenters.